The van der Waals surface area contributed by atoms with E-state index in [4.69, 9.17) is 14.5 Å². The van der Waals surface area contributed by atoms with Crippen LogP contribution in [0.2, 0.25) is 0 Å². The van der Waals surface area contributed by atoms with Crippen LogP contribution in [0.25, 0.3) is 5.78 Å². The number of fused-ring (bicyclic) bond motifs is 2. The van der Waals surface area contributed by atoms with Gasteiger partial charge in [0, 0.05) is 36.0 Å². The predicted molar refractivity (Wildman–Crippen MR) is 114 cm³/mol. The van der Waals surface area contributed by atoms with Crippen molar-refractivity contribution in [3.8, 4) is 5.88 Å². The van der Waals surface area contributed by atoms with Crippen LogP contribution < -0.4 is 10.3 Å². The lowest BCUT2D eigenvalue weighted by molar-refractivity contribution is 0.0154. The van der Waals surface area contributed by atoms with E-state index in [1.165, 1.54) is 12.1 Å². The number of nitrogens with zero attached hydrogens (tertiary/aromatic N) is 4. The summed E-state index contributed by atoms with van der Waals surface area (Å²) >= 11 is 0. The third-order valence-electron chi connectivity index (χ3n) is 6.33. The Morgan fingerprint density at radius 1 is 1.27 bits per heavy atom. The Labute approximate surface area is 188 Å². The molecule has 0 aromatic carbocycles. The van der Waals surface area contributed by atoms with Gasteiger partial charge in [-0.25, -0.2) is 4.98 Å². The summed E-state index contributed by atoms with van der Waals surface area (Å²) in [6.45, 7) is 3.34. The molecule has 0 radical (unpaired) electrons. The molecule has 33 heavy (non-hydrogen) atoms. The molecule has 2 aliphatic heterocycles. The average molecular weight is 458 g/mol. The number of rotatable bonds is 7. The molecule has 0 unspecified atom stereocenters. The highest BCUT2D eigenvalue weighted by Gasteiger charge is 2.61. The summed E-state index contributed by atoms with van der Waals surface area (Å²) in [6, 6.07) is 2.51. The largest absolute Gasteiger partial charge is 0.475 e. The van der Waals surface area contributed by atoms with E-state index in [-0.39, 0.29) is 39.6 Å². The minimum Gasteiger partial charge on any atom is -0.475 e. The van der Waals surface area contributed by atoms with E-state index < -0.39 is 17.9 Å². The lowest BCUT2D eigenvalue weighted by atomic mass is 9.62. The molecule has 0 spiro atoms. The molecule has 2 saturated heterocycles. The van der Waals surface area contributed by atoms with Crippen LogP contribution in [0.15, 0.2) is 35.5 Å². The standard InChI is InChI=1S/C23H24F2N4O4/c1-13(2)33-18-14(7-16(30)15-5-4-6-29(19(15)31)20(24)25)8-28-9-17(26-21(28)27-18)23-10-22(3,11-23)32-12-23/h4-6,8-9,13,20H,7,10-12H2,1-3H3. The quantitative estimate of drug-likeness (QED) is 0.505. The maximum Gasteiger partial charge on any atom is 0.321 e. The van der Waals surface area contributed by atoms with Crippen molar-refractivity contribution >= 4 is 11.6 Å². The number of alkyl halides is 2. The number of carbonyl (C=O) groups excluding carboxylic acids is 1. The van der Waals surface area contributed by atoms with Gasteiger partial charge in [-0.1, -0.05) is 0 Å². The average Bonchev–Trinajstić information content (AvgIpc) is 3.38. The van der Waals surface area contributed by atoms with Gasteiger partial charge in [0.15, 0.2) is 5.78 Å². The van der Waals surface area contributed by atoms with E-state index in [9.17, 15) is 18.4 Å². The van der Waals surface area contributed by atoms with Gasteiger partial charge in [0.2, 0.25) is 11.7 Å². The van der Waals surface area contributed by atoms with Crippen molar-refractivity contribution in [3.05, 3.63) is 57.9 Å². The first-order chi connectivity index (χ1) is 15.6. The molecular weight excluding hydrogens is 434 g/mol. The van der Waals surface area contributed by atoms with Gasteiger partial charge in [0.1, 0.15) is 0 Å². The fourth-order valence-electron chi connectivity index (χ4n) is 4.94. The van der Waals surface area contributed by atoms with Gasteiger partial charge >= 0.3 is 6.55 Å². The van der Waals surface area contributed by atoms with Gasteiger partial charge in [-0.2, -0.15) is 13.8 Å². The van der Waals surface area contributed by atoms with Gasteiger partial charge in [0.25, 0.3) is 5.56 Å². The maximum atomic E-state index is 13.1. The molecule has 3 aromatic rings. The van der Waals surface area contributed by atoms with Gasteiger partial charge in [0.05, 0.1) is 29.6 Å². The molecular formula is C23H24F2N4O4. The number of ketones is 1. The number of aromatic nitrogens is 4. The van der Waals surface area contributed by atoms with E-state index in [0.717, 1.165) is 24.7 Å². The summed E-state index contributed by atoms with van der Waals surface area (Å²) in [4.78, 5) is 34.4. The fourth-order valence-corrected chi connectivity index (χ4v) is 4.94. The number of hydrogen-bond donors (Lipinski definition) is 0. The van der Waals surface area contributed by atoms with E-state index in [0.29, 0.717) is 17.9 Å². The summed E-state index contributed by atoms with van der Waals surface area (Å²) in [5.74, 6) is 0.0703. The number of halogens is 2. The smallest absolute Gasteiger partial charge is 0.321 e. The molecule has 0 amide bonds. The van der Waals surface area contributed by atoms with Crippen molar-refractivity contribution in [1.29, 1.82) is 0 Å². The molecule has 5 heterocycles. The summed E-state index contributed by atoms with van der Waals surface area (Å²) < 4.78 is 39.8. The topological polar surface area (TPSA) is 87.7 Å². The zero-order valence-corrected chi connectivity index (χ0v) is 18.5. The molecule has 174 valence electrons. The number of carbonyl (C=O) groups is 1. The van der Waals surface area contributed by atoms with Crippen LogP contribution >= 0.6 is 0 Å². The highest BCUT2D eigenvalue weighted by molar-refractivity contribution is 5.97. The third kappa shape index (κ3) is 3.62. The van der Waals surface area contributed by atoms with Gasteiger partial charge in [-0.3, -0.25) is 18.6 Å². The molecule has 2 bridgehead atoms. The van der Waals surface area contributed by atoms with Crippen LogP contribution in [-0.4, -0.2) is 43.0 Å². The number of ether oxygens (including phenoxy) is 2. The molecule has 1 saturated carbocycles. The second-order valence-corrected chi connectivity index (χ2v) is 9.46. The zero-order valence-electron chi connectivity index (χ0n) is 18.5. The minimum atomic E-state index is -3.03. The van der Waals surface area contributed by atoms with E-state index in [1.807, 2.05) is 20.0 Å². The zero-order chi connectivity index (χ0) is 23.5. The van der Waals surface area contributed by atoms with Crippen LogP contribution in [0.4, 0.5) is 8.78 Å². The van der Waals surface area contributed by atoms with Gasteiger partial charge in [-0.15, -0.1) is 0 Å². The van der Waals surface area contributed by atoms with Crippen LogP contribution in [-0.2, 0) is 16.6 Å². The molecule has 8 nitrogen and oxygen atoms in total. The van der Waals surface area contributed by atoms with Crippen LogP contribution in [0.1, 0.15) is 61.8 Å². The summed E-state index contributed by atoms with van der Waals surface area (Å²) in [5, 5.41) is 0. The number of imidazole rings is 1. The van der Waals surface area contributed by atoms with Crippen molar-refractivity contribution in [1.82, 2.24) is 18.9 Å². The Morgan fingerprint density at radius 2 is 2.03 bits per heavy atom. The number of Topliss-reactive ketones (excluding diaryl/α,β-unsaturated/α-hetero) is 1. The molecule has 0 N–H and O–H groups in total. The molecule has 6 rings (SSSR count). The van der Waals surface area contributed by atoms with Crippen molar-refractivity contribution in [2.45, 2.75) is 63.7 Å². The Bertz CT molecular complexity index is 1310. The first kappa shape index (κ1) is 21.7. The SMILES string of the molecule is CC(C)Oc1nc2nc(C34COC(C)(C3)C4)cn2cc1CC(=O)c1cccn(C(F)F)c1=O. The lowest BCUT2D eigenvalue weighted by Gasteiger charge is -2.41. The van der Waals surface area contributed by atoms with E-state index >= 15 is 0 Å². The molecule has 3 aliphatic rings. The van der Waals surface area contributed by atoms with Crippen LogP contribution in [0, 0.1) is 0 Å². The first-order valence-electron chi connectivity index (χ1n) is 10.8. The Morgan fingerprint density at radius 3 is 2.67 bits per heavy atom. The highest BCUT2D eigenvalue weighted by Crippen LogP contribution is 2.58. The lowest BCUT2D eigenvalue weighted by Crippen LogP contribution is -2.45. The summed E-state index contributed by atoms with van der Waals surface area (Å²) in [7, 11) is 0. The minimum absolute atomic E-state index is 0.0897. The third-order valence-corrected chi connectivity index (χ3v) is 6.33. The maximum absolute atomic E-state index is 13.1. The van der Waals surface area contributed by atoms with Crippen molar-refractivity contribution in [2.75, 3.05) is 6.61 Å². The Kier molecular flexibility index (Phi) is 4.89. The first-order valence-corrected chi connectivity index (χ1v) is 10.8. The second kappa shape index (κ2) is 7.44. The van der Waals surface area contributed by atoms with Crippen LogP contribution in [0.5, 0.6) is 5.88 Å². The second-order valence-electron chi connectivity index (χ2n) is 9.46. The normalized spacial score (nSPS) is 24.0. The monoisotopic (exact) mass is 458 g/mol. The van der Waals surface area contributed by atoms with E-state index in [2.05, 4.69) is 11.9 Å². The fraction of sp³-hybridized carbons (Fsp3) is 0.478. The number of hydrogen-bond acceptors (Lipinski definition) is 6. The molecule has 3 fully saturated rings. The Hall–Kier alpha value is -3.14. The van der Waals surface area contributed by atoms with Crippen molar-refractivity contribution < 1.29 is 23.0 Å². The molecule has 10 heteroatoms. The van der Waals surface area contributed by atoms with Crippen LogP contribution in [0.3, 0.4) is 0 Å². The predicted octanol–water partition coefficient (Wildman–Crippen LogP) is 3.32. The molecule has 3 aromatic heterocycles. The molecule has 0 atom stereocenters. The molecule has 1 aliphatic carbocycles. The van der Waals surface area contributed by atoms with Gasteiger partial charge in [-0.05, 0) is 45.7 Å². The number of pyridine rings is 1. The van der Waals surface area contributed by atoms with Gasteiger partial charge < -0.3 is 9.47 Å². The van der Waals surface area contributed by atoms with E-state index in [1.54, 1.807) is 10.6 Å². The van der Waals surface area contributed by atoms with Crippen molar-refractivity contribution in [3.63, 3.8) is 0 Å². The summed E-state index contributed by atoms with van der Waals surface area (Å²) in [6.07, 6.45) is 5.89. The highest BCUT2D eigenvalue weighted by atomic mass is 19.3. The summed E-state index contributed by atoms with van der Waals surface area (Å²) in [5.41, 5.74) is -0.232. The Balaban J connectivity index is 1.51. The van der Waals surface area contributed by atoms with Crippen molar-refractivity contribution in [2.24, 2.45) is 0 Å².